The normalized spacial score (nSPS) is 17.0. The molecule has 124 valence electrons. The van der Waals surface area contributed by atoms with Crippen molar-refractivity contribution in [3.05, 3.63) is 49.9 Å². The van der Waals surface area contributed by atoms with Crippen LogP contribution in [0.25, 0.3) is 0 Å². The Balaban J connectivity index is 0.00000192. The third kappa shape index (κ3) is 3.38. The second kappa shape index (κ2) is 7.42. The van der Waals surface area contributed by atoms with E-state index < -0.39 is 0 Å². The minimum absolute atomic E-state index is 0. The molecule has 0 saturated heterocycles. The van der Waals surface area contributed by atoms with Crippen molar-refractivity contribution in [2.75, 3.05) is 13.1 Å². The van der Waals surface area contributed by atoms with Gasteiger partial charge in [0.15, 0.2) is 11.5 Å². The number of hydrogen-bond acceptors (Lipinski definition) is 4. The van der Waals surface area contributed by atoms with Crippen molar-refractivity contribution in [3.63, 3.8) is 0 Å². The molecule has 1 heterocycles. The molecule has 0 aliphatic carbocycles. The molecular weight excluding hydrogens is 494 g/mol. The van der Waals surface area contributed by atoms with E-state index in [-0.39, 0.29) is 40.1 Å². The molecule has 1 atom stereocenters. The number of rotatable bonds is 1. The smallest absolute Gasteiger partial charge is 0.173 e. The van der Waals surface area contributed by atoms with Crippen LogP contribution in [0.3, 0.4) is 0 Å². The molecule has 0 bridgehead atoms. The van der Waals surface area contributed by atoms with Gasteiger partial charge in [0.25, 0.3) is 0 Å². The van der Waals surface area contributed by atoms with E-state index >= 15 is 0 Å². The molecule has 0 radical (unpaired) electrons. The second-order valence-electron chi connectivity index (χ2n) is 5.32. The van der Waals surface area contributed by atoms with Gasteiger partial charge < -0.3 is 20.6 Å². The van der Waals surface area contributed by atoms with Gasteiger partial charge in [-0.2, -0.15) is 0 Å². The first-order chi connectivity index (χ1) is 10.5. The summed E-state index contributed by atoms with van der Waals surface area (Å²) in [5.41, 5.74) is 2.97. The average Bonchev–Trinajstić information content (AvgIpc) is 2.74. The Hall–Kier alpha value is -0.760. The van der Waals surface area contributed by atoms with Crippen LogP contribution in [0.15, 0.2) is 33.2 Å². The van der Waals surface area contributed by atoms with Crippen LogP contribution in [0.1, 0.15) is 22.6 Å². The summed E-state index contributed by atoms with van der Waals surface area (Å²) in [5, 5.41) is 33.1. The van der Waals surface area contributed by atoms with E-state index in [0.29, 0.717) is 15.5 Å². The summed E-state index contributed by atoms with van der Waals surface area (Å²) in [6.07, 6.45) is 0.747. The molecule has 0 amide bonds. The fraction of sp³-hybridized carbons (Fsp3) is 0.250. The molecule has 4 N–H and O–H groups in total. The van der Waals surface area contributed by atoms with Gasteiger partial charge in [-0.05, 0) is 73.6 Å². The molecule has 23 heavy (non-hydrogen) atoms. The lowest BCUT2D eigenvalue weighted by Crippen LogP contribution is -2.21. The van der Waals surface area contributed by atoms with Crippen molar-refractivity contribution < 1.29 is 15.3 Å². The predicted molar refractivity (Wildman–Crippen MR) is 102 cm³/mol. The van der Waals surface area contributed by atoms with Crippen molar-refractivity contribution >= 4 is 48.8 Å². The lowest BCUT2D eigenvalue weighted by molar-refractivity contribution is 0.397. The maximum atomic E-state index is 10.2. The molecule has 0 aromatic heterocycles. The Morgan fingerprint density at radius 1 is 0.957 bits per heavy atom. The van der Waals surface area contributed by atoms with Crippen LogP contribution in [-0.4, -0.2) is 28.4 Å². The highest BCUT2D eigenvalue weighted by molar-refractivity contribution is 9.11. The van der Waals surface area contributed by atoms with Crippen LogP contribution in [-0.2, 0) is 6.42 Å². The standard InChI is InChI=1S/C16H15Br2NO3.BrH/c17-13-10-5-6-19-7-11(8-1-3-9(20)4-2-8)12(10)14(18)16(22)15(13)21;/h1-4,11,19-22H,5-7H2;1H. The number of fused-ring (bicyclic) bond motifs is 1. The Bertz CT molecular complexity index is 720. The Morgan fingerprint density at radius 3 is 2.22 bits per heavy atom. The van der Waals surface area contributed by atoms with Gasteiger partial charge in [0.05, 0.1) is 8.95 Å². The third-order valence-electron chi connectivity index (χ3n) is 4.01. The molecule has 0 spiro atoms. The predicted octanol–water partition coefficient (Wildman–Crippen LogP) is 4.18. The van der Waals surface area contributed by atoms with E-state index in [9.17, 15) is 15.3 Å². The molecule has 4 nitrogen and oxygen atoms in total. The highest BCUT2D eigenvalue weighted by Gasteiger charge is 2.28. The molecule has 3 rings (SSSR count). The Labute approximate surface area is 161 Å². The number of phenols is 3. The fourth-order valence-corrected chi connectivity index (χ4v) is 4.19. The van der Waals surface area contributed by atoms with E-state index in [1.807, 2.05) is 12.1 Å². The summed E-state index contributed by atoms with van der Waals surface area (Å²) in [7, 11) is 0. The first kappa shape index (κ1) is 18.6. The number of aromatic hydroxyl groups is 3. The van der Waals surface area contributed by atoms with E-state index in [0.717, 1.165) is 29.7 Å². The van der Waals surface area contributed by atoms with E-state index in [1.54, 1.807) is 12.1 Å². The van der Waals surface area contributed by atoms with Crippen LogP contribution >= 0.6 is 48.8 Å². The first-order valence-electron chi connectivity index (χ1n) is 6.92. The van der Waals surface area contributed by atoms with Crippen LogP contribution in [0.2, 0.25) is 0 Å². The van der Waals surface area contributed by atoms with Gasteiger partial charge >= 0.3 is 0 Å². The monoisotopic (exact) mass is 507 g/mol. The maximum Gasteiger partial charge on any atom is 0.173 e. The number of halogens is 3. The summed E-state index contributed by atoms with van der Waals surface area (Å²) in [6.45, 7) is 1.50. The lowest BCUT2D eigenvalue weighted by Gasteiger charge is -2.22. The minimum atomic E-state index is -0.156. The maximum absolute atomic E-state index is 10.2. The fourth-order valence-electron chi connectivity index (χ4n) is 2.89. The largest absolute Gasteiger partial charge is 0.508 e. The van der Waals surface area contributed by atoms with E-state index in [4.69, 9.17) is 0 Å². The van der Waals surface area contributed by atoms with Crippen molar-refractivity contribution in [2.24, 2.45) is 0 Å². The van der Waals surface area contributed by atoms with Crippen molar-refractivity contribution in [1.29, 1.82) is 0 Å². The van der Waals surface area contributed by atoms with E-state index in [2.05, 4.69) is 37.2 Å². The van der Waals surface area contributed by atoms with Crippen LogP contribution in [0.4, 0.5) is 0 Å². The molecule has 1 unspecified atom stereocenters. The highest BCUT2D eigenvalue weighted by Crippen LogP contribution is 2.48. The summed E-state index contributed by atoms with van der Waals surface area (Å²) in [5.74, 6) is -0.0667. The molecular formula is C16H16Br3NO3. The lowest BCUT2D eigenvalue weighted by atomic mass is 9.87. The minimum Gasteiger partial charge on any atom is -0.508 e. The molecule has 1 aliphatic rings. The highest BCUT2D eigenvalue weighted by atomic mass is 79.9. The summed E-state index contributed by atoms with van der Waals surface area (Å²) >= 11 is 6.83. The number of nitrogens with one attached hydrogen (secondary N) is 1. The zero-order valence-corrected chi connectivity index (χ0v) is 16.9. The van der Waals surface area contributed by atoms with Gasteiger partial charge in [-0.3, -0.25) is 0 Å². The first-order valence-corrected chi connectivity index (χ1v) is 8.50. The van der Waals surface area contributed by atoms with E-state index in [1.165, 1.54) is 0 Å². The number of phenolic OH excluding ortho intramolecular Hbond substituents is 3. The van der Waals surface area contributed by atoms with Gasteiger partial charge in [-0.15, -0.1) is 17.0 Å². The zero-order chi connectivity index (χ0) is 15.9. The van der Waals surface area contributed by atoms with Gasteiger partial charge in [-0.25, -0.2) is 0 Å². The van der Waals surface area contributed by atoms with Crippen LogP contribution in [0, 0.1) is 0 Å². The van der Waals surface area contributed by atoms with Crippen LogP contribution in [0.5, 0.6) is 17.2 Å². The van der Waals surface area contributed by atoms with Gasteiger partial charge in [0.2, 0.25) is 0 Å². The molecule has 2 aromatic carbocycles. The van der Waals surface area contributed by atoms with Gasteiger partial charge in [-0.1, -0.05) is 12.1 Å². The topological polar surface area (TPSA) is 72.7 Å². The summed E-state index contributed by atoms with van der Waals surface area (Å²) in [6, 6.07) is 7.06. The molecule has 2 aromatic rings. The second-order valence-corrected chi connectivity index (χ2v) is 6.90. The summed E-state index contributed by atoms with van der Waals surface area (Å²) < 4.78 is 1.06. The average molecular weight is 510 g/mol. The number of hydrogen-bond donors (Lipinski definition) is 4. The molecule has 1 aliphatic heterocycles. The Kier molecular flexibility index (Phi) is 5.99. The molecule has 7 heteroatoms. The van der Waals surface area contributed by atoms with Crippen molar-refractivity contribution in [3.8, 4) is 17.2 Å². The SMILES string of the molecule is Br.Oc1ccc(C2CNCCc3c(Br)c(O)c(O)c(Br)c32)cc1. The Morgan fingerprint density at radius 2 is 1.57 bits per heavy atom. The van der Waals surface area contributed by atoms with Crippen molar-refractivity contribution in [1.82, 2.24) is 5.32 Å². The summed E-state index contributed by atoms with van der Waals surface area (Å²) in [4.78, 5) is 0. The van der Waals surface area contributed by atoms with Crippen molar-refractivity contribution in [2.45, 2.75) is 12.3 Å². The quantitative estimate of drug-likeness (QED) is 0.435. The number of benzene rings is 2. The molecule has 0 fully saturated rings. The van der Waals surface area contributed by atoms with Gasteiger partial charge in [0.1, 0.15) is 5.75 Å². The zero-order valence-electron chi connectivity index (χ0n) is 12.0. The molecule has 0 saturated carbocycles. The third-order valence-corrected chi connectivity index (χ3v) is 5.67. The van der Waals surface area contributed by atoms with Crippen LogP contribution < -0.4 is 5.32 Å². The van der Waals surface area contributed by atoms with Gasteiger partial charge in [0, 0.05) is 12.5 Å².